The fourth-order valence-corrected chi connectivity index (χ4v) is 3.44. The monoisotopic (exact) mass is 271 g/mol. The zero-order valence-electron chi connectivity index (χ0n) is 10.2. The molecule has 2 rings (SSSR count). The lowest BCUT2D eigenvalue weighted by Gasteiger charge is -2.39. The molecule has 1 aliphatic heterocycles. The molecule has 1 aromatic carbocycles. The molecular formula is C13H18ClNOS. The maximum absolute atomic E-state index is 9.10. The Kier molecular flexibility index (Phi) is 3.91. The van der Waals surface area contributed by atoms with Gasteiger partial charge in [0.15, 0.2) is 0 Å². The molecule has 0 amide bonds. The minimum Gasteiger partial charge on any atom is -0.392 e. The lowest BCUT2D eigenvalue weighted by molar-refractivity contribution is 0.282. The molecule has 4 heteroatoms. The van der Waals surface area contributed by atoms with Crippen LogP contribution in [0.3, 0.4) is 0 Å². The Bertz CT molecular complexity index is 408. The summed E-state index contributed by atoms with van der Waals surface area (Å²) in [7, 11) is 0. The third-order valence-electron chi connectivity index (χ3n) is 3.00. The van der Waals surface area contributed by atoms with Crippen LogP contribution in [0.5, 0.6) is 0 Å². The summed E-state index contributed by atoms with van der Waals surface area (Å²) in [5, 5.41) is 9.76. The highest BCUT2D eigenvalue weighted by Crippen LogP contribution is 2.33. The highest BCUT2D eigenvalue weighted by molar-refractivity contribution is 8.00. The molecule has 1 aromatic rings. The zero-order chi connectivity index (χ0) is 12.5. The molecule has 1 aliphatic rings. The van der Waals surface area contributed by atoms with Crippen molar-refractivity contribution in [3.8, 4) is 0 Å². The topological polar surface area (TPSA) is 23.5 Å². The first-order chi connectivity index (χ1) is 8.02. The van der Waals surface area contributed by atoms with Gasteiger partial charge in [-0.05, 0) is 31.5 Å². The minimum atomic E-state index is 0.000455. The van der Waals surface area contributed by atoms with Crippen molar-refractivity contribution < 1.29 is 5.11 Å². The van der Waals surface area contributed by atoms with Crippen LogP contribution in [0, 0.1) is 0 Å². The molecular weight excluding hydrogens is 254 g/mol. The first-order valence-corrected chi connectivity index (χ1v) is 7.16. The van der Waals surface area contributed by atoms with E-state index in [4.69, 9.17) is 16.7 Å². The Morgan fingerprint density at radius 1 is 1.47 bits per heavy atom. The van der Waals surface area contributed by atoms with Crippen LogP contribution in [0.25, 0.3) is 0 Å². The standard InChI is InChI=1S/C13H18ClNOS/c1-13(2)9-15(5-6-17-13)11-4-3-10(8-16)12(14)7-11/h3-4,7,16H,5-6,8-9H2,1-2H3. The van der Waals surface area contributed by atoms with Crippen LogP contribution in [0.15, 0.2) is 18.2 Å². The predicted molar refractivity (Wildman–Crippen MR) is 76.1 cm³/mol. The van der Waals surface area contributed by atoms with Crippen LogP contribution >= 0.6 is 23.4 Å². The summed E-state index contributed by atoms with van der Waals surface area (Å²) in [6.07, 6.45) is 0. The lowest BCUT2D eigenvalue weighted by Crippen LogP contribution is -2.43. The molecule has 0 saturated carbocycles. The molecule has 0 bridgehead atoms. The predicted octanol–water partition coefficient (Wildman–Crippen LogP) is 3.16. The Labute approximate surface area is 112 Å². The summed E-state index contributed by atoms with van der Waals surface area (Å²) >= 11 is 8.14. The van der Waals surface area contributed by atoms with E-state index in [9.17, 15) is 0 Å². The van der Waals surface area contributed by atoms with Gasteiger partial charge in [-0.1, -0.05) is 17.7 Å². The number of aliphatic hydroxyl groups is 1. The molecule has 0 aromatic heterocycles. The van der Waals surface area contributed by atoms with Gasteiger partial charge < -0.3 is 10.0 Å². The van der Waals surface area contributed by atoms with Crippen LogP contribution in [0.2, 0.25) is 5.02 Å². The zero-order valence-corrected chi connectivity index (χ0v) is 11.8. The Morgan fingerprint density at radius 3 is 2.82 bits per heavy atom. The smallest absolute Gasteiger partial charge is 0.0696 e. The van der Waals surface area contributed by atoms with Crippen LogP contribution in [-0.4, -0.2) is 28.7 Å². The summed E-state index contributed by atoms with van der Waals surface area (Å²) < 4.78 is 0.292. The van der Waals surface area contributed by atoms with E-state index in [-0.39, 0.29) is 6.61 Å². The molecule has 1 fully saturated rings. The van der Waals surface area contributed by atoms with E-state index in [0.29, 0.717) is 9.77 Å². The van der Waals surface area contributed by atoms with E-state index in [0.717, 1.165) is 30.1 Å². The van der Waals surface area contributed by atoms with Gasteiger partial charge in [0.25, 0.3) is 0 Å². The maximum Gasteiger partial charge on any atom is 0.0696 e. The Morgan fingerprint density at radius 2 is 2.24 bits per heavy atom. The first kappa shape index (κ1) is 13.1. The van der Waals surface area contributed by atoms with Gasteiger partial charge in [-0.3, -0.25) is 0 Å². The summed E-state index contributed by atoms with van der Waals surface area (Å²) in [5.41, 5.74) is 1.95. The van der Waals surface area contributed by atoms with Crippen molar-refractivity contribution in [1.29, 1.82) is 0 Å². The van der Waals surface area contributed by atoms with Gasteiger partial charge in [0.05, 0.1) is 6.61 Å². The summed E-state index contributed by atoms with van der Waals surface area (Å²) in [6, 6.07) is 5.91. The number of halogens is 1. The summed E-state index contributed by atoms with van der Waals surface area (Å²) in [4.78, 5) is 2.36. The second kappa shape index (κ2) is 5.09. The number of rotatable bonds is 2. The first-order valence-electron chi connectivity index (χ1n) is 5.80. The van der Waals surface area contributed by atoms with Crippen molar-refractivity contribution in [2.24, 2.45) is 0 Å². The van der Waals surface area contributed by atoms with Crippen LogP contribution in [-0.2, 0) is 6.61 Å². The minimum absolute atomic E-state index is 0.000455. The average molecular weight is 272 g/mol. The molecule has 1 heterocycles. The molecule has 94 valence electrons. The lowest BCUT2D eigenvalue weighted by atomic mass is 10.1. The molecule has 1 N–H and O–H groups in total. The molecule has 0 spiro atoms. The number of thioether (sulfide) groups is 1. The normalized spacial score (nSPS) is 19.4. The molecule has 0 atom stereocenters. The molecule has 0 aliphatic carbocycles. The molecule has 1 saturated heterocycles. The highest BCUT2D eigenvalue weighted by atomic mass is 35.5. The maximum atomic E-state index is 9.10. The van der Waals surface area contributed by atoms with Crippen LogP contribution in [0.1, 0.15) is 19.4 Å². The number of aliphatic hydroxyl groups excluding tert-OH is 1. The van der Waals surface area contributed by atoms with Gasteiger partial charge in [0.1, 0.15) is 0 Å². The van der Waals surface area contributed by atoms with E-state index >= 15 is 0 Å². The summed E-state index contributed by atoms with van der Waals surface area (Å²) in [6.45, 7) is 6.64. The van der Waals surface area contributed by atoms with E-state index in [1.165, 1.54) is 0 Å². The fraction of sp³-hybridized carbons (Fsp3) is 0.538. The van der Waals surface area contributed by atoms with Gasteiger partial charge in [0, 0.05) is 34.3 Å². The highest BCUT2D eigenvalue weighted by Gasteiger charge is 2.27. The molecule has 2 nitrogen and oxygen atoms in total. The third kappa shape index (κ3) is 3.09. The number of anilines is 1. The van der Waals surface area contributed by atoms with Crippen molar-refractivity contribution in [2.75, 3.05) is 23.7 Å². The van der Waals surface area contributed by atoms with Crippen molar-refractivity contribution in [1.82, 2.24) is 0 Å². The number of benzene rings is 1. The number of nitrogens with zero attached hydrogens (tertiary/aromatic N) is 1. The molecule has 17 heavy (non-hydrogen) atoms. The average Bonchev–Trinajstić information content (AvgIpc) is 2.27. The van der Waals surface area contributed by atoms with Crippen LogP contribution < -0.4 is 4.90 Å². The SMILES string of the molecule is CC1(C)CN(c2ccc(CO)c(Cl)c2)CCS1. The van der Waals surface area contributed by atoms with Gasteiger partial charge in [-0.2, -0.15) is 11.8 Å². The van der Waals surface area contributed by atoms with E-state index in [1.54, 1.807) is 0 Å². The third-order valence-corrected chi connectivity index (χ3v) is 4.65. The Balaban J connectivity index is 2.19. The largest absolute Gasteiger partial charge is 0.392 e. The number of hydrogen-bond acceptors (Lipinski definition) is 3. The quantitative estimate of drug-likeness (QED) is 0.894. The summed E-state index contributed by atoms with van der Waals surface area (Å²) in [5.74, 6) is 1.15. The van der Waals surface area contributed by atoms with E-state index in [1.807, 2.05) is 30.0 Å². The van der Waals surface area contributed by atoms with Crippen molar-refractivity contribution >= 4 is 29.1 Å². The van der Waals surface area contributed by atoms with Gasteiger partial charge >= 0.3 is 0 Å². The second-order valence-electron chi connectivity index (χ2n) is 4.96. The van der Waals surface area contributed by atoms with Gasteiger partial charge in [-0.15, -0.1) is 0 Å². The second-order valence-corrected chi connectivity index (χ2v) is 7.17. The Hall–Kier alpha value is -0.380. The van der Waals surface area contributed by atoms with Crippen LogP contribution in [0.4, 0.5) is 5.69 Å². The van der Waals surface area contributed by atoms with Crippen molar-refractivity contribution in [3.05, 3.63) is 28.8 Å². The van der Waals surface area contributed by atoms with Crippen molar-refractivity contribution in [3.63, 3.8) is 0 Å². The van der Waals surface area contributed by atoms with Gasteiger partial charge in [-0.25, -0.2) is 0 Å². The van der Waals surface area contributed by atoms with E-state index in [2.05, 4.69) is 18.7 Å². The van der Waals surface area contributed by atoms with E-state index < -0.39 is 0 Å². The van der Waals surface area contributed by atoms with Gasteiger partial charge in [0.2, 0.25) is 0 Å². The molecule has 0 radical (unpaired) electrons. The molecule has 0 unspecified atom stereocenters. The van der Waals surface area contributed by atoms with Crippen molar-refractivity contribution in [2.45, 2.75) is 25.2 Å². The fourth-order valence-electron chi connectivity index (χ4n) is 2.10. The number of hydrogen-bond donors (Lipinski definition) is 1.